The highest BCUT2D eigenvalue weighted by atomic mass is 16.2. The maximum Gasteiger partial charge on any atom is 0.270 e. The van der Waals surface area contributed by atoms with E-state index in [0.29, 0.717) is 5.69 Å². The summed E-state index contributed by atoms with van der Waals surface area (Å²) in [4.78, 5) is 28.0. The van der Waals surface area contributed by atoms with Crippen molar-refractivity contribution in [2.45, 2.75) is 24.9 Å². The van der Waals surface area contributed by atoms with Crippen molar-refractivity contribution in [2.75, 3.05) is 0 Å². The van der Waals surface area contributed by atoms with Gasteiger partial charge < -0.3 is 10.6 Å². The van der Waals surface area contributed by atoms with Crippen LogP contribution in [0.2, 0.25) is 0 Å². The molecular weight excluding hydrogens is 302 g/mol. The Morgan fingerprint density at radius 2 is 1.75 bits per heavy atom. The van der Waals surface area contributed by atoms with Crippen molar-refractivity contribution >= 4 is 11.8 Å². The fourth-order valence-corrected chi connectivity index (χ4v) is 2.80. The molecular formula is C19H19N3O2. The largest absolute Gasteiger partial charge is 0.350 e. The van der Waals surface area contributed by atoms with Crippen LogP contribution in [-0.2, 0) is 4.79 Å². The third-order valence-corrected chi connectivity index (χ3v) is 4.11. The first kappa shape index (κ1) is 15.9. The number of nitrogens with zero attached hydrogens (tertiary/aromatic N) is 1. The average molecular weight is 321 g/mol. The monoisotopic (exact) mass is 321 g/mol. The highest BCUT2D eigenvalue weighted by molar-refractivity contribution is 5.99. The first-order valence-corrected chi connectivity index (χ1v) is 7.91. The second-order valence-electron chi connectivity index (χ2n) is 5.82. The first-order valence-electron chi connectivity index (χ1n) is 7.91. The number of carbonyl (C=O) groups is 2. The van der Waals surface area contributed by atoms with Crippen LogP contribution in [0.25, 0.3) is 11.1 Å². The number of pyridine rings is 1. The van der Waals surface area contributed by atoms with E-state index in [4.69, 9.17) is 0 Å². The predicted molar refractivity (Wildman–Crippen MR) is 92.3 cm³/mol. The summed E-state index contributed by atoms with van der Waals surface area (Å²) in [6.45, 7) is 3.43. The van der Waals surface area contributed by atoms with Gasteiger partial charge in [-0.15, -0.1) is 0 Å². The summed E-state index contributed by atoms with van der Waals surface area (Å²) < 4.78 is 0. The quantitative estimate of drug-likeness (QED) is 0.830. The Hall–Kier alpha value is -2.95. The third-order valence-electron chi connectivity index (χ3n) is 4.11. The minimum absolute atomic E-state index is 0.0539. The Morgan fingerprint density at radius 1 is 1.04 bits per heavy atom. The van der Waals surface area contributed by atoms with Gasteiger partial charge in [-0.2, -0.15) is 0 Å². The van der Waals surface area contributed by atoms with Gasteiger partial charge in [0.1, 0.15) is 5.69 Å². The smallest absolute Gasteiger partial charge is 0.270 e. The van der Waals surface area contributed by atoms with Crippen LogP contribution in [0, 0.1) is 0 Å². The molecule has 0 aliphatic heterocycles. The lowest BCUT2D eigenvalue weighted by molar-refractivity contribution is -0.117. The van der Waals surface area contributed by atoms with Gasteiger partial charge in [-0.1, -0.05) is 43.0 Å². The number of hydrogen-bond acceptors (Lipinski definition) is 3. The summed E-state index contributed by atoms with van der Waals surface area (Å²) in [5.41, 5.74) is 2.19. The highest BCUT2D eigenvalue weighted by Gasteiger charge is 2.31. The number of carbonyl (C=O) groups excluding carboxylic acids is 2. The van der Waals surface area contributed by atoms with Gasteiger partial charge in [-0.05, 0) is 30.5 Å². The van der Waals surface area contributed by atoms with Gasteiger partial charge in [0.2, 0.25) is 5.91 Å². The minimum atomic E-state index is -0.187. The van der Waals surface area contributed by atoms with Crippen molar-refractivity contribution < 1.29 is 9.59 Å². The summed E-state index contributed by atoms with van der Waals surface area (Å²) in [7, 11) is 0. The summed E-state index contributed by atoms with van der Waals surface area (Å²) in [6.07, 6.45) is 4.32. The van der Waals surface area contributed by atoms with Crippen molar-refractivity contribution in [1.82, 2.24) is 15.6 Å². The van der Waals surface area contributed by atoms with Crippen LogP contribution in [0.15, 0.2) is 61.3 Å². The van der Waals surface area contributed by atoms with Crippen LogP contribution < -0.4 is 10.6 Å². The first-order chi connectivity index (χ1) is 11.7. The fraction of sp³-hybridized carbons (Fsp3) is 0.211. The number of amides is 2. The number of rotatable bonds is 5. The number of hydrogen-bond donors (Lipinski definition) is 2. The second-order valence-corrected chi connectivity index (χ2v) is 5.82. The van der Waals surface area contributed by atoms with Crippen LogP contribution in [-0.4, -0.2) is 28.9 Å². The van der Waals surface area contributed by atoms with Crippen LogP contribution in [0.3, 0.4) is 0 Å². The van der Waals surface area contributed by atoms with E-state index in [-0.39, 0.29) is 23.9 Å². The molecule has 24 heavy (non-hydrogen) atoms. The van der Waals surface area contributed by atoms with Gasteiger partial charge in [0.15, 0.2) is 0 Å². The molecule has 0 atom stereocenters. The van der Waals surface area contributed by atoms with Crippen LogP contribution in [0.4, 0.5) is 0 Å². The lowest BCUT2D eigenvalue weighted by Crippen LogP contribution is -2.53. The van der Waals surface area contributed by atoms with Gasteiger partial charge in [-0.3, -0.25) is 14.6 Å². The Labute approximate surface area is 140 Å². The van der Waals surface area contributed by atoms with Crippen LogP contribution in [0.1, 0.15) is 23.3 Å². The molecule has 3 rings (SSSR count). The molecule has 2 amide bonds. The average Bonchev–Trinajstić information content (AvgIpc) is 2.60. The van der Waals surface area contributed by atoms with E-state index in [2.05, 4.69) is 22.2 Å². The lowest BCUT2D eigenvalue weighted by atomic mass is 9.86. The van der Waals surface area contributed by atoms with E-state index in [1.54, 1.807) is 6.20 Å². The Bertz CT molecular complexity index is 752. The van der Waals surface area contributed by atoms with E-state index in [1.807, 2.05) is 42.5 Å². The zero-order chi connectivity index (χ0) is 16.9. The molecule has 1 aliphatic carbocycles. The molecule has 1 aromatic heterocycles. The molecule has 5 heteroatoms. The lowest BCUT2D eigenvalue weighted by Gasteiger charge is -2.36. The maximum atomic E-state index is 12.5. The molecule has 1 aromatic carbocycles. The molecule has 0 saturated heterocycles. The molecule has 1 saturated carbocycles. The van der Waals surface area contributed by atoms with Gasteiger partial charge in [-0.25, -0.2) is 0 Å². The summed E-state index contributed by atoms with van der Waals surface area (Å²) >= 11 is 0. The standard InChI is InChI=1S/C19H19N3O2/c1-2-17(23)21-14-11-15(12-14)22-19(24)18-16(9-6-10-20-18)13-7-4-3-5-8-13/h2-10,14-15H,1,11-12H2,(H,21,23)(H,22,24). The van der Waals surface area contributed by atoms with Crippen LogP contribution in [0.5, 0.6) is 0 Å². The topological polar surface area (TPSA) is 71.1 Å². The molecule has 0 radical (unpaired) electrons. The molecule has 2 N–H and O–H groups in total. The molecule has 0 bridgehead atoms. The van der Waals surface area contributed by atoms with Gasteiger partial charge >= 0.3 is 0 Å². The zero-order valence-electron chi connectivity index (χ0n) is 13.2. The normalized spacial score (nSPS) is 19.0. The molecule has 0 unspecified atom stereocenters. The van der Waals surface area contributed by atoms with E-state index in [9.17, 15) is 9.59 Å². The maximum absolute atomic E-state index is 12.5. The van der Waals surface area contributed by atoms with Crippen molar-refractivity contribution in [1.29, 1.82) is 0 Å². The van der Waals surface area contributed by atoms with Crippen molar-refractivity contribution in [2.24, 2.45) is 0 Å². The second kappa shape index (κ2) is 7.08. The van der Waals surface area contributed by atoms with Gasteiger partial charge in [0.05, 0.1) is 0 Å². The van der Waals surface area contributed by atoms with E-state index in [1.165, 1.54) is 6.08 Å². The molecule has 1 heterocycles. The molecule has 5 nitrogen and oxygen atoms in total. The number of nitrogens with one attached hydrogen (secondary N) is 2. The van der Waals surface area contributed by atoms with E-state index >= 15 is 0 Å². The third kappa shape index (κ3) is 3.51. The summed E-state index contributed by atoms with van der Waals surface area (Å²) in [5, 5.41) is 5.81. The highest BCUT2D eigenvalue weighted by Crippen LogP contribution is 2.24. The molecule has 2 aromatic rings. The predicted octanol–water partition coefficient (Wildman–Crippen LogP) is 2.31. The van der Waals surface area contributed by atoms with Crippen molar-refractivity contribution in [3.63, 3.8) is 0 Å². The zero-order valence-corrected chi connectivity index (χ0v) is 13.2. The summed E-state index contributed by atoms with van der Waals surface area (Å²) in [6, 6.07) is 13.6. The molecule has 122 valence electrons. The fourth-order valence-electron chi connectivity index (χ4n) is 2.80. The SMILES string of the molecule is C=CC(=O)NC1CC(NC(=O)c2ncccc2-c2ccccc2)C1. The molecule has 0 spiro atoms. The Kier molecular flexibility index (Phi) is 4.70. The van der Waals surface area contributed by atoms with Gasteiger partial charge in [0, 0.05) is 23.8 Å². The Morgan fingerprint density at radius 3 is 2.46 bits per heavy atom. The van der Waals surface area contributed by atoms with E-state index < -0.39 is 0 Å². The minimum Gasteiger partial charge on any atom is -0.350 e. The van der Waals surface area contributed by atoms with Crippen molar-refractivity contribution in [3.05, 3.63) is 67.0 Å². The van der Waals surface area contributed by atoms with Crippen LogP contribution >= 0.6 is 0 Å². The molecule has 1 fully saturated rings. The molecule has 1 aliphatic rings. The van der Waals surface area contributed by atoms with Crippen molar-refractivity contribution in [3.8, 4) is 11.1 Å². The Balaban J connectivity index is 1.65. The number of benzene rings is 1. The number of aromatic nitrogens is 1. The summed E-state index contributed by atoms with van der Waals surface area (Å²) in [5.74, 6) is -0.367. The van der Waals surface area contributed by atoms with E-state index in [0.717, 1.165) is 24.0 Å². The van der Waals surface area contributed by atoms with Gasteiger partial charge in [0.25, 0.3) is 5.91 Å².